The van der Waals surface area contributed by atoms with E-state index in [9.17, 15) is 14.9 Å². The lowest BCUT2D eigenvalue weighted by Crippen LogP contribution is -2.07. The number of ether oxygens (including phenoxy) is 1. The van der Waals surface area contributed by atoms with Gasteiger partial charge >= 0.3 is 6.01 Å². The first-order chi connectivity index (χ1) is 14.5. The summed E-state index contributed by atoms with van der Waals surface area (Å²) in [4.78, 5) is 22.2. The fraction of sp³-hybridized carbons (Fsp3) is 0.0500. The first kappa shape index (κ1) is 18.9. The highest BCUT2D eigenvalue weighted by Crippen LogP contribution is 2.33. The monoisotopic (exact) mass is 406 g/mol. The molecule has 10 heteroatoms. The topological polar surface area (TPSA) is 134 Å². The van der Waals surface area contributed by atoms with Gasteiger partial charge in [0.2, 0.25) is 0 Å². The number of amides is 1. The van der Waals surface area contributed by atoms with E-state index >= 15 is 0 Å². The molecule has 0 atom stereocenters. The maximum absolute atomic E-state index is 12.1. The molecule has 4 rings (SSSR count). The molecule has 4 aromatic rings. The first-order valence-electron chi connectivity index (χ1n) is 8.67. The lowest BCUT2D eigenvalue weighted by molar-refractivity contribution is -0.384. The second-order valence-electron chi connectivity index (χ2n) is 6.07. The predicted octanol–water partition coefficient (Wildman–Crippen LogP) is 4.05. The summed E-state index contributed by atoms with van der Waals surface area (Å²) >= 11 is 0. The number of benzene rings is 2. The molecule has 0 aliphatic rings. The Hall–Kier alpha value is -4.47. The van der Waals surface area contributed by atoms with Crippen molar-refractivity contribution in [2.24, 2.45) is 0 Å². The zero-order valence-corrected chi connectivity index (χ0v) is 15.6. The number of nitrogens with one attached hydrogen (secondary N) is 1. The van der Waals surface area contributed by atoms with Crippen molar-refractivity contribution in [3.63, 3.8) is 0 Å². The van der Waals surface area contributed by atoms with Crippen LogP contribution in [-0.2, 0) is 4.79 Å². The zero-order valence-electron chi connectivity index (χ0n) is 15.6. The Bertz CT molecular complexity index is 1260. The summed E-state index contributed by atoms with van der Waals surface area (Å²) in [7, 11) is 1.54. The number of carbonyl (C=O) groups excluding carboxylic acids is 1. The molecule has 2 heterocycles. The van der Waals surface area contributed by atoms with Crippen LogP contribution in [0.15, 0.2) is 63.4 Å². The SMILES string of the molecule is COc1cccc2cc(-c3nnc(NC(=O)C=Cc4ccc([N+](=O)[O-])cc4)o3)oc12. The van der Waals surface area contributed by atoms with Crippen molar-refractivity contribution in [3.05, 3.63) is 70.3 Å². The first-order valence-corrected chi connectivity index (χ1v) is 8.67. The maximum Gasteiger partial charge on any atom is 0.322 e. The van der Waals surface area contributed by atoms with Gasteiger partial charge in [0.25, 0.3) is 17.5 Å². The van der Waals surface area contributed by atoms with E-state index < -0.39 is 10.8 Å². The molecular formula is C20H14N4O6. The molecule has 1 amide bonds. The molecule has 0 bridgehead atoms. The van der Waals surface area contributed by atoms with Gasteiger partial charge < -0.3 is 13.6 Å². The van der Waals surface area contributed by atoms with Gasteiger partial charge in [-0.2, -0.15) is 0 Å². The Balaban J connectivity index is 1.45. The Morgan fingerprint density at radius 2 is 1.97 bits per heavy atom. The van der Waals surface area contributed by atoms with Crippen LogP contribution in [0.1, 0.15) is 5.56 Å². The van der Waals surface area contributed by atoms with Crippen LogP contribution in [0.4, 0.5) is 11.7 Å². The maximum atomic E-state index is 12.1. The van der Waals surface area contributed by atoms with Gasteiger partial charge in [-0.15, -0.1) is 5.10 Å². The number of methoxy groups -OCH3 is 1. The number of hydrogen-bond acceptors (Lipinski definition) is 8. The molecular weight excluding hydrogens is 392 g/mol. The van der Waals surface area contributed by atoms with Crippen LogP contribution in [0, 0.1) is 10.1 Å². The minimum atomic E-state index is -0.505. The summed E-state index contributed by atoms with van der Waals surface area (Å²) < 4.78 is 16.4. The minimum Gasteiger partial charge on any atom is -0.493 e. The quantitative estimate of drug-likeness (QED) is 0.288. The van der Waals surface area contributed by atoms with Crippen LogP contribution in [0.25, 0.3) is 28.7 Å². The third-order valence-corrected chi connectivity index (χ3v) is 4.12. The van der Waals surface area contributed by atoms with E-state index in [2.05, 4.69) is 15.5 Å². The number of aromatic nitrogens is 2. The Morgan fingerprint density at radius 1 is 1.17 bits per heavy atom. The van der Waals surface area contributed by atoms with E-state index in [1.807, 2.05) is 12.1 Å². The molecule has 0 unspecified atom stereocenters. The number of nitro groups is 1. The highest BCUT2D eigenvalue weighted by Gasteiger charge is 2.16. The van der Waals surface area contributed by atoms with Crippen LogP contribution in [-0.4, -0.2) is 28.1 Å². The van der Waals surface area contributed by atoms with Crippen LogP contribution < -0.4 is 10.1 Å². The highest BCUT2D eigenvalue weighted by molar-refractivity contribution is 6.00. The molecule has 150 valence electrons. The number of para-hydroxylation sites is 1. The van der Waals surface area contributed by atoms with Crippen LogP contribution in [0.5, 0.6) is 5.75 Å². The summed E-state index contributed by atoms with van der Waals surface area (Å²) in [5.74, 6) is 0.504. The van der Waals surface area contributed by atoms with Crippen molar-refractivity contribution in [2.75, 3.05) is 12.4 Å². The average molecular weight is 406 g/mol. The number of carbonyl (C=O) groups is 1. The van der Waals surface area contributed by atoms with E-state index in [-0.39, 0.29) is 17.6 Å². The Morgan fingerprint density at radius 3 is 2.70 bits per heavy atom. The average Bonchev–Trinajstić information content (AvgIpc) is 3.39. The fourth-order valence-electron chi connectivity index (χ4n) is 2.70. The Labute approximate surface area is 168 Å². The van der Waals surface area contributed by atoms with E-state index in [0.717, 1.165) is 5.39 Å². The minimum absolute atomic E-state index is 0.0294. The number of fused-ring (bicyclic) bond motifs is 1. The molecule has 0 saturated heterocycles. The lowest BCUT2D eigenvalue weighted by atomic mass is 10.2. The van der Waals surface area contributed by atoms with Crippen molar-refractivity contribution in [1.29, 1.82) is 0 Å². The van der Waals surface area contributed by atoms with Crippen molar-refractivity contribution >= 4 is 34.7 Å². The van der Waals surface area contributed by atoms with Gasteiger partial charge in [0.1, 0.15) is 0 Å². The van der Waals surface area contributed by atoms with Gasteiger partial charge in [-0.3, -0.25) is 20.2 Å². The molecule has 30 heavy (non-hydrogen) atoms. The largest absolute Gasteiger partial charge is 0.493 e. The summed E-state index contributed by atoms with van der Waals surface area (Å²) in [5, 5.41) is 21.6. The van der Waals surface area contributed by atoms with E-state index in [4.69, 9.17) is 13.6 Å². The van der Waals surface area contributed by atoms with Gasteiger partial charge in [0, 0.05) is 23.6 Å². The smallest absolute Gasteiger partial charge is 0.322 e. The highest BCUT2D eigenvalue weighted by atomic mass is 16.6. The summed E-state index contributed by atoms with van der Waals surface area (Å²) in [5.41, 5.74) is 1.14. The standard InChI is InChI=1S/C20H14N4O6/c1-28-15-4-2-3-13-11-16(29-18(13)15)19-22-23-20(30-19)21-17(25)10-7-12-5-8-14(9-6-12)24(26)27/h2-11H,1H3,(H,21,23,25). The molecule has 0 spiro atoms. The number of hydrogen-bond donors (Lipinski definition) is 1. The zero-order chi connectivity index (χ0) is 21.1. The molecule has 10 nitrogen and oxygen atoms in total. The third-order valence-electron chi connectivity index (χ3n) is 4.12. The molecule has 2 aromatic carbocycles. The molecule has 0 fully saturated rings. The molecule has 2 aromatic heterocycles. The predicted molar refractivity (Wildman–Crippen MR) is 107 cm³/mol. The van der Waals surface area contributed by atoms with Gasteiger partial charge in [0.05, 0.1) is 12.0 Å². The Kier molecular flexibility index (Phi) is 4.95. The van der Waals surface area contributed by atoms with E-state index in [0.29, 0.717) is 22.7 Å². The fourth-order valence-corrected chi connectivity index (χ4v) is 2.70. The molecule has 0 radical (unpaired) electrons. The van der Waals surface area contributed by atoms with E-state index in [1.54, 1.807) is 19.2 Å². The number of non-ortho nitro benzene ring substituents is 1. The molecule has 1 N–H and O–H groups in total. The second-order valence-corrected chi connectivity index (χ2v) is 6.07. The number of nitro benzene ring substituents is 1. The van der Waals surface area contributed by atoms with Crippen molar-refractivity contribution < 1.29 is 23.3 Å². The van der Waals surface area contributed by atoms with Crippen molar-refractivity contribution in [1.82, 2.24) is 10.2 Å². The summed E-state index contributed by atoms with van der Waals surface area (Å²) in [6.07, 6.45) is 2.75. The number of nitrogens with zero attached hydrogens (tertiary/aromatic N) is 3. The number of anilines is 1. The van der Waals surface area contributed by atoms with Crippen LogP contribution >= 0.6 is 0 Å². The molecule has 0 aliphatic heterocycles. The van der Waals surface area contributed by atoms with Crippen LogP contribution in [0.2, 0.25) is 0 Å². The van der Waals surface area contributed by atoms with E-state index in [1.165, 1.54) is 36.4 Å². The summed E-state index contributed by atoms with van der Waals surface area (Å²) in [6, 6.07) is 12.8. The van der Waals surface area contributed by atoms with Gasteiger partial charge in [-0.25, -0.2) is 0 Å². The van der Waals surface area contributed by atoms with Gasteiger partial charge in [-0.05, 0) is 35.9 Å². The van der Waals surface area contributed by atoms with Crippen LogP contribution in [0.3, 0.4) is 0 Å². The number of rotatable bonds is 6. The third kappa shape index (κ3) is 3.87. The summed E-state index contributed by atoms with van der Waals surface area (Å²) in [6.45, 7) is 0. The molecule has 0 saturated carbocycles. The molecule has 0 aliphatic carbocycles. The lowest BCUT2D eigenvalue weighted by Gasteiger charge is -1.98. The van der Waals surface area contributed by atoms with Crippen molar-refractivity contribution in [2.45, 2.75) is 0 Å². The second kappa shape index (κ2) is 7.87. The van der Waals surface area contributed by atoms with Crippen molar-refractivity contribution in [3.8, 4) is 17.4 Å². The van der Waals surface area contributed by atoms with Gasteiger partial charge in [0.15, 0.2) is 17.1 Å². The normalized spacial score (nSPS) is 11.1. The van der Waals surface area contributed by atoms with Gasteiger partial charge in [-0.1, -0.05) is 17.2 Å². The number of furan rings is 1.